The van der Waals surface area contributed by atoms with Crippen LogP contribution in [0, 0.1) is 0 Å². The van der Waals surface area contributed by atoms with Gasteiger partial charge < -0.3 is 9.32 Å². The summed E-state index contributed by atoms with van der Waals surface area (Å²) in [6.07, 6.45) is 0. The Hall–Kier alpha value is -2.04. The first-order valence-electron chi connectivity index (χ1n) is 4.42. The van der Waals surface area contributed by atoms with Crippen molar-refractivity contribution < 1.29 is 4.42 Å². The molecule has 0 fully saturated rings. The lowest BCUT2D eigenvalue weighted by Crippen LogP contribution is -2.15. The van der Waals surface area contributed by atoms with E-state index >= 15 is 0 Å². The molecule has 0 atom stereocenters. The molecule has 0 amide bonds. The molecule has 0 saturated heterocycles. The number of H-pyrrole nitrogens is 1. The number of hydrogen-bond acceptors (Lipinski definition) is 4. The maximum absolute atomic E-state index is 11.4. The zero-order valence-corrected chi connectivity index (χ0v) is 8.40. The molecular formula is C10H10N2O3. The Labute approximate surface area is 85.0 Å². The smallest absolute Gasteiger partial charge is 0.378 e. The lowest BCUT2D eigenvalue weighted by Gasteiger charge is -2.11. The molecule has 0 bridgehead atoms. The summed E-state index contributed by atoms with van der Waals surface area (Å²) in [5, 5.41) is 0.376. The Morgan fingerprint density at radius 2 is 2.00 bits per heavy atom. The van der Waals surface area contributed by atoms with E-state index in [1.165, 1.54) is 0 Å². The Bertz CT molecular complexity index is 610. The van der Waals surface area contributed by atoms with Gasteiger partial charge in [0.05, 0.1) is 10.9 Å². The second-order valence-electron chi connectivity index (χ2n) is 3.43. The van der Waals surface area contributed by atoms with E-state index in [9.17, 15) is 9.59 Å². The van der Waals surface area contributed by atoms with Crippen LogP contribution in [0.5, 0.6) is 0 Å². The van der Waals surface area contributed by atoms with Crippen LogP contribution in [-0.4, -0.2) is 19.1 Å². The molecule has 0 aliphatic rings. The van der Waals surface area contributed by atoms with Crippen LogP contribution in [0.25, 0.3) is 10.9 Å². The van der Waals surface area contributed by atoms with Gasteiger partial charge in [-0.15, -0.1) is 0 Å². The zero-order chi connectivity index (χ0) is 11.0. The standard InChI is InChI=1S/C10H10N2O3/c1-12(2)6-3-4-8-7(5-6)9(13)15-10(14)11-8/h3-5H,1-2H3,(H,11,14). The molecule has 78 valence electrons. The highest BCUT2D eigenvalue weighted by atomic mass is 16.4. The molecule has 1 heterocycles. The molecular weight excluding hydrogens is 196 g/mol. The van der Waals surface area contributed by atoms with E-state index in [0.29, 0.717) is 10.9 Å². The number of hydrogen-bond donors (Lipinski definition) is 1. The van der Waals surface area contributed by atoms with Gasteiger partial charge in [0.1, 0.15) is 0 Å². The Morgan fingerprint density at radius 3 is 2.67 bits per heavy atom. The maximum atomic E-state index is 11.4. The summed E-state index contributed by atoms with van der Waals surface area (Å²) in [7, 11) is 3.74. The molecule has 1 N–H and O–H groups in total. The maximum Gasteiger partial charge on any atom is 0.419 e. The van der Waals surface area contributed by atoms with E-state index in [-0.39, 0.29) is 0 Å². The van der Waals surface area contributed by atoms with Gasteiger partial charge >= 0.3 is 11.4 Å². The average Bonchev–Trinajstić information content (AvgIpc) is 2.16. The van der Waals surface area contributed by atoms with Crippen LogP contribution in [0.3, 0.4) is 0 Å². The van der Waals surface area contributed by atoms with Crippen molar-refractivity contribution in [3.05, 3.63) is 39.2 Å². The fourth-order valence-corrected chi connectivity index (χ4v) is 1.36. The van der Waals surface area contributed by atoms with Crippen LogP contribution in [0.2, 0.25) is 0 Å². The zero-order valence-electron chi connectivity index (χ0n) is 8.40. The second kappa shape index (κ2) is 3.27. The van der Waals surface area contributed by atoms with E-state index in [4.69, 9.17) is 0 Å². The van der Waals surface area contributed by atoms with Crippen molar-refractivity contribution in [3.63, 3.8) is 0 Å². The fourth-order valence-electron chi connectivity index (χ4n) is 1.36. The van der Waals surface area contributed by atoms with Gasteiger partial charge in [0, 0.05) is 19.8 Å². The van der Waals surface area contributed by atoms with Gasteiger partial charge in [0.25, 0.3) is 0 Å². The van der Waals surface area contributed by atoms with E-state index in [1.54, 1.807) is 12.1 Å². The van der Waals surface area contributed by atoms with E-state index in [0.717, 1.165) is 5.69 Å². The van der Waals surface area contributed by atoms with Gasteiger partial charge in [-0.05, 0) is 18.2 Å². The summed E-state index contributed by atoms with van der Waals surface area (Å²) in [6, 6.07) is 5.18. The van der Waals surface area contributed by atoms with Gasteiger partial charge in [0.15, 0.2) is 0 Å². The number of anilines is 1. The molecule has 0 radical (unpaired) electrons. The van der Waals surface area contributed by atoms with Crippen molar-refractivity contribution in [2.24, 2.45) is 0 Å². The summed E-state index contributed by atoms with van der Waals surface area (Å²) in [6.45, 7) is 0. The summed E-state index contributed by atoms with van der Waals surface area (Å²) in [5.74, 6) is -0.731. The minimum atomic E-state index is -0.731. The summed E-state index contributed by atoms with van der Waals surface area (Å²) in [4.78, 5) is 26.6. The molecule has 1 aromatic heterocycles. The molecule has 1 aromatic carbocycles. The third-order valence-corrected chi connectivity index (χ3v) is 2.16. The highest BCUT2D eigenvalue weighted by Crippen LogP contribution is 2.15. The number of nitrogens with zero attached hydrogens (tertiary/aromatic N) is 1. The van der Waals surface area contributed by atoms with Crippen molar-refractivity contribution in [1.82, 2.24) is 4.98 Å². The number of fused-ring (bicyclic) bond motifs is 1. The SMILES string of the molecule is CN(C)c1ccc2[nH]c(=O)oc(=O)c2c1. The van der Waals surface area contributed by atoms with E-state index in [2.05, 4.69) is 9.40 Å². The minimum absolute atomic E-state index is 0.376. The second-order valence-corrected chi connectivity index (χ2v) is 3.43. The van der Waals surface area contributed by atoms with Crippen molar-refractivity contribution >= 4 is 16.6 Å². The molecule has 5 nitrogen and oxygen atoms in total. The fraction of sp³-hybridized carbons (Fsp3) is 0.200. The number of rotatable bonds is 1. The minimum Gasteiger partial charge on any atom is -0.378 e. The average molecular weight is 206 g/mol. The normalized spacial score (nSPS) is 10.5. The molecule has 0 unspecified atom stereocenters. The van der Waals surface area contributed by atoms with Crippen LogP contribution >= 0.6 is 0 Å². The topological polar surface area (TPSA) is 66.3 Å². The number of aromatic nitrogens is 1. The van der Waals surface area contributed by atoms with E-state index < -0.39 is 11.4 Å². The van der Waals surface area contributed by atoms with E-state index in [1.807, 2.05) is 25.1 Å². The van der Waals surface area contributed by atoms with Crippen molar-refractivity contribution in [2.45, 2.75) is 0 Å². The van der Waals surface area contributed by atoms with Gasteiger partial charge in [-0.2, -0.15) is 0 Å². The molecule has 0 aliphatic carbocycles. The molecule has 5 heteroatoms. The predicted molar refractivity (Wildman–Crippen MR) is 57.4 cm³/mol. The first-order chi connectivity index (χ1) is 7.08. The van der Waals surface area contributed by atoms with Gasteiger partial charge in [-0.1, -0.05) is 0 Å². The van der Waals surface area contributed by atoms with Crippen LogP contribution in [0.15, 0.2) is 32.2 Å². The Kier molecular flexibility index (Phi) is 2.07. The third kappa shape index (κ3) is 1.63. The third-order valence-electron chi connectivity index (χ3n) is 2.16. The van der Waals surface area contributed by atoms with Gasteiger partial charge in [-0.3, -0.25) is 4.98 Å². The summed E-state index contributed by atoms with van der Waals surface area (Å²) >= 11 is 0. The Balaban J connectivity index is 2.83. The van der Waals surface area contributed by atoms with Crippen molar-refractivity contribution in [2.75, 3.05) is 19.0 Å². The van der Waals surface area contributed by atoms with Gasteiger partial charge in [-0.25, -0.2) is 9.59 Å². The van der Waals surface area contributed by atoms with Crippen molar-refractivity contribution in [1.29, 1.82) is 0 Å². The lowest BCUT2D eigenvalue weighted by molar-refractivity contribution is 0.460. The molecule has 15 heavy (non-hydrogen) atoms. The molecule has 0 saturated carbocycles. The number of aromatic amines is 1. The first kappa shape index (κ1) is 9.51. The van der Waals surface area contributed by atoms with Crippen LogP contribution in [0.1, 0.15) is 0 Å². The number of nitrogens with one attached hydrogen (secondary N) is 1. The highest BCUT2D eigenvalue weighted by Gasteiger charge is 2.04. The molecule has 2 aromatic rings. The van der Waals surface area contributed by atoms with Crippen LogP contribution < -0.4 is 16.3 Å². The first-order valence-corrected chi connectivity index (χ1v) is 4.42. The monoisotopic (exact) mass is 206 g/mol. The summed E-state index contributed by atoms with van der Waals surface area (Å²) < 4.78 is 4.44. The van der Waals surface area contributed by atoms with Crippen LogP contribution in [0.4, 0.5) is 5.69 Å². The Morgan fingerprint density at radius 1 is 1.27 bits per heavy atom. The van der Waals surface area contributed by atoms with Gasteiger partial charge in [0.2, 0.25) is 0 Å². The number of benzene rings is 1. The quantitative estimate of drug-likeness (QED) is 0.739. The van der Waals surface area contributed by atoms with Crippen molar-refractivity contribution in [3.8, 4) is 0 Å². The molecule has 2 rings (SSSR count). The molecule has 0 spiro atoms. The summed E-state index contributed by atoms with van der Waals surface area (Å²) in [5.41, 5.74) is 0.751. The highest BCUT2D eigenvalue weighted by molar-refractivity contribution is 5.80. The predicted octanol–water partition coefficient (Wildman–Crippen LogP) is 0.547. The molecule has 0 aliphatic heterocycles. The van der Waals surface area contributed by atoms with Crippen LogP contribution in [-0.2, 0) is 0 Å². The largest absolute Gasteiger partial charge is 0.419 e. The lowest BCUT2D eigenvalue weighted by atomic mass is 10.2.